The second kappa shape index (κ2) is 5.80. The van der Waals surface area contributed by atoms with Crippen LogP contribution in [0.2, 0.25) is 10.0 Å². The highest BCUT2D eigenvalue weighted by Gasteiger charge is 2.02. The van der Waals surface area contributed by atoms with Crippen LogP contribution in [0.25, 0.3) is 0 Å². The lowest BCUT2D eigenvalue weighted by molar-refractivity contribution is 0.120. The summed E-state index contributed by atoms with van der Waals surface area (Å²) in [6.07, 6.45) is 0. The summed E-state index contributed by atoms with van der Waals surface area (Å²) in [7, 11) is 0. The highest BCUT2D eigenvalue weighted by atomic mass is 35.5. The average molecular weight is 269 g/mol. The van der Waals surface area contributed by atoms with E-state index in [1.54, 1.807) is 24.3 Å². The van der Waals surface area contributed by atoms with E-state index in [2.05, 4.69) is 0 Å². The lowest BCUT2D eigenvalue weighted by Crippen LogP contribution is -2.06. The first-order valence-electron chi connectivity index (χ1n) is 5.02. The fourth-order valence-corrected chi connectivity index (χ4v) is 1.66. The molecule has 0 heterocycles. The van der Waals surface area contributed by atoms with Crippen molar-refractivity contribution in [1.29, 1.82) is 0 Å². The minimum Gasteiger partial charge on any atom is -0.456 e. The zero-order chi connectivity index (χ0) is 12.1. The molecular weight excluding hydrogens is 259 g/mol. The van der Waals surface area contributed by atoms with Gasteiger partial charge in [-0.2, -0.15) is 0 Å². The van der Waals surface area contributed by atoms with Crippen LogP contribution in [0, 0.1) is 0 Å². The van der Waals surface area contributed by atoms with E-state index >= 15 is 0 Å². The van der Waals surface area contributed by atoms with Crippen LogP contribution in [0.5, 0.6) is 11.5 Å². The molecule has 0 amide bonds. The van der Waals surface area contributed by atoms with Gasteiger partial charge in [-0.25, -0.2) is 0 Å². The summed E-state index contributed by atoms with van der Waals surface area (Å²) in [5, 5.41) is 1.10. The highest BCUT2D eigenvalue weighted by Crippen LogP contribution is 2.25. The second-order valence-electron chi connectivity index (χ2n) is 3.27. The maximum Gasteiger partial charge on any atom is 0.231 e. The Morgan fingerprint density at radius 3 is 1.53 bits per heavy atom. The molecule has 2 rings (SSSR count). The van der Waals surface area contributed by atoms with Gasteiger partial charge in [0.05, 0.1) is 10.0 Å². The van der Waals surface area contributed by atoms with Gasteiger partial charge in [-0.3, -0.25) is 0 Å². The third-order valence-corrected chi connectivity index (χ3v) is 2.73. The zero-order valence-corrected chi connectivity index (χ0v) is 10.4. The van der Waals surface area contributed by atoms with Gasteiger partial charge in [-0.05, 0) is 24.3 Å². The Labute approximate surface area is 110 Å². The summed E-state index contributed by atoms with van der Waals surface area (Å²) in [6.45, 7) is 0.0630. The maximum absolute atomic E-state index is 5.93. The highest BCUT2D eigenvalue weighted by molar-refractivity contribution is 6.32. The largest absolute Gasteiger partial charge is 0.456 e. The third-order valence-electron chi connectivity index (χ3n) is 2.10. The molecule has 0 N–H and O–H groups in total. The van der Waals surface area contributed by atoms with Crippen molar-refractivity contribution in [2.75, 3.05) is 6.79 Å². The van der Waals surface area contributed by atoms with E-state index in [0.717, 1.165) is 0 Å². The Bertz CT molecular complexity index is 455. The van der Waals surface area contributed by atoms with Crippen LogP contribution in [-0.2, 0) is 0 Å². The molecule has 0 aromatic heterocycles. The van der Waals surface area contributed by atoms with E-state index in [1.807, 2.05) is 24.3 Å². The van der Waals surface area contributed by atoms with Crippen LogP contribution < -0.4 is 9.47 Å². The van der Waals surface area contributed by atoms with Crippen molar-refractivity contribution in [1.82, 2.24) is 0 Å². The van der Waals surface area contributed by atoms with E-state index in [-0.39, 0.29) is 6.79 Å². The molecule has 17 heavy (non-hydrogen) atoms. The molecule has 0 aliphatic carbocycles. The van der Waals surface area contributed by atoms with Gasteiger partial charge in [0.2, 0.25) is 6.79 Å². The Morgan fingerprint density at radius 1 is 0.706 bits per heavy atom. The second-order valence-corrected chi connectivity index (χ2v) is 4.08. The first-order chi connectivity index (χ1) is 8.27. The molecule has 0 unspecified atom stereocenters. The minimum absolute atomic E-state index is 0.0630. The van der Waals surface area contributed by atoms with Crippen molar-refractivity contribution < 1.29 is 9.47 Å². The van der Waals surface area contributed by atoms with Crippen LogP contribution in [-0.4, -0.2) is 6.79 Å². The van der Waals surface area contributed by atoms with E-state index < -0.39 is 0 Å². The van der Waals surface area contributed by atoms with E-state index in [0.29, 0.717) is 21.5 Å². The van der Waals surface area contributed by atoms with Crippen molar-refractivity contribution in [3.63, 3.8) is 0 Å². The normalized spacial score (nSPS) is 10.0. The summed E-state index contributed by atoms with van der Waals surface area (Å²) in [5.74, 6) is 1.17. The molecule has 4 heteroatoms. The Kier molecular flexibility index (Phi) is 4.13. The standard InChI is InChI=1S/C13H10Cl2O2/c14-10-5-1-3-7-12(10)16-9-17-13-8-4-2-6-11(13)15/h1-8H,9H2. The molecule has 0 saturated carbocycles. The number of benzene rings is 2. The molecule has 0 spiro atoms. The Morgan fingerprint density at radius 2 is 1.12 bits per heavy atom. The average Bonchev–Trinajstić information content (AvgIpc) is 2.34. The molecule has 0 radical (unpaired) electrons. The molecule has 2 nitrogen and oxygen atoms in total. The first-order valence-corrected chi connectivity index (χ1v) is 5.77. The molecule has 0 saturated heterocycles. The summed E-state index contributed by atoms with van der Waals surface area (Å²) in [6, 6.07) is 14.4. The van der Waals surface area contributed by atoms with Gasteiger partial charge in [0.25, 0.3) is 0 Å². The Hall–Kier alpha value is -1.38. The van der Waals surface area contributed by atoms with Gasteiger partial charge < -0.3 is 9.47 Å². The predicted octanol–water partition coefficient (Wildman–Crippen LogP) is 4.41. The van der Waals surface area contributed by atoms with E-state index in [4.69, 9.17) is 32.7 Å². The fraction of sp³-hybridized carbons (Fsp3) is 0.0769. The maximum atomic E-state index is 5.93. The number of para-hydroxylation sites is 2. The fourth-order valence-electron chi connectivity index (χ4n) is 1.28. The number of hydrogen-bond donors (Lipinski definition) is 0. The predicted molar refractivity (Wildman–Crippen MR) is 69.0 cm³/mol. The topological polar surface area (TPSA) is 18.5 Å². The number of hydrogen-bond acceptors (Lipinski definition) is 2. The third kappa shape index (κ3) is 3.29. The molecule has 0 atom stereocenters. The number of ether oxygens (including phenoxy) is 2. The quantitative estimate of drug-likeness (QED) is 0.765. The molecule has 88 valence electrons. The summed E-state index contributed by atoms with van der Waals surface area (Å²) < 4.78 is 10.8. The van der Waals surface area contributed by atoms with Crippen molar-refractivity contribution in [3.8, 4) is 11.5 Å². The van der Waals surface area contributed by atoms with Crippen LogP contribution in [0.4, 0.5) is 0 Å². The molecule has 0 fully saturated rings. The molecule has 0 aliphatic rings. The van der Waals surface area contributed by atoms with E-state index in [9.17, 15) is 0 Å². The van der Waals surface area contributed by atoms with Crippen LogP contribution >= 0.6 is 23.2 Å². The lowest BCUT2D eigenvalue weighted by atomic mass is 10.3. The first kappa shape index (κ1) is 12.1. The molecular formula is C13H10Cl2O2. The van der Waals surface area contributed by atoms with Gasteiger partial charge >= 0.3 is 0 Å². The number of halogens is 2. The SMILES string of the molecule is Clc1ccccc1OCOc1ccccc1Cl. The van der Waals surface area contributed by atoms with Crippen molar-refractivity contribution in [2.24, 2.45) is 0 Å². The van der Waals surface area contributed by atoms with Gasteiger partial charge in [-0.1, -0.05) is 47.5 Å². The summed E-state index contributed by atoms with van der Waals surface area (Å²) in [5.41, 5.74) is 0. The van der Waals surface area contributed by atoms with Crippen LogP contribution in [0.1, 0.15) is 0 Å². The molecule has 0 bridgehead atoms. The van der Waals surface area contributed by atoms with Crippen molar-refractivity contribution in [3.05, 3.63) is 58.6 Å². The van der Waals surface area contributed by atoms with Crippen LogP contribution in [0.3, 0.4) is 0 Å². The van der Waals surface area contributed by atoms with E-state index in [1.165, 1.54) is 0 Å². The Balaban J connectivity index is 1.93. The molecule has 0 aliphatic heterocycles. The lowest BCUT2D eigenvalue weighted by Gasteiger charge is -2.10. The molecule has 2 aromatic carbocycles. The van der Waals surface area contributed by atoms with Crippen molar-refractivity contribution in [2.45, 2.75) is 0 Å². The summed E-state index contributed by atoms with van der Waals surface area (Å²) >= 11 is 11.9. The number of rotatable bonds is 4. The minimum atomic E-state index is 0.0630. The zero-order valence-electron chi connectivity index (χ0n) is 8.90. The van der Waals surface area contributed by atoms with Gasteiger partial charge in [0.15, 0.2) is 0 Å². The van der Waals surface area contributed by atoms with Gasteiger partial charge in [0, 0.05) is 0 Å². The van der Waals surface area contributed by atoms with Gasteiger partial charge in [0.1, 0.15) is 11.5 Å². The van der Waals surface area contributed by atoms with Crippen molar-refractivity contribution >= 4 is 23.2 Å². The summed E-state index contributed by atoms with van der Waals surface area (Å²) in [4.78, 5) is 0. The van der Waals surface area contributed by atoms with Gasteiger partial charge in [-0.15, -0.1) is 0 Å². The monoisotopic (exact) mass is 268 g/mol. The smallest absolute Gasteiger partial charge is 0.231 e. The van der Waals surface area contributed by atoms with Crippen LogP contribution in [0.15, 0.2) is 48.5 Å². The molecule has 2 aromatic rings.